The zero-order chi connectivity index (χ0) is 16.2. The zero-order valence-electron chi connectivity index (χ0n) is 11.9. The molecule has 0 N–H and O–H groups in total. The molecule has 0 atom stereocenters. The minimum absolute atomic E-state index is 0.211. The van der Waals surface area contributed by atoms with Gasteiger partial charge in [0, 0.05) is 21.7 Å². The molecule has 0 saturated heterocycles. The fourth-order valence-corrected chi connectivity index (χ4v) is 2.81. The highest BCUT2D eigenvalue weighted by Crippen LogP contribution is 2.32. The van der Waals surface area contributed by atoms with Gasteiger partial charge in [0.15, 0.2) is 6.79 Å². The van der Waals surface area contributed by atoms with Crippen molar-refractivity contribution >= 4 is 41.0 Å². The maximum atomic E-state index is 6.09. The predicted molar refractivity (Wildman–Crippen MR) is 90.6 cm³/mol. The van der Waals surface area contributed by atoms with Gasteiger partial charge in [-0.3, -0.25) is 0 Å². The first-order valence-electron chi connectivity index (χ1n) is 6.76. The SMILES string of the molecule is Clc1cc2c(c(CO/N=C\c3cccc(Cl)c3Cl)c1)OCOC2. The Bertz CT molecular complexity index is 750. The minimum Gasteiger partial charge on any atom is -0.467 e. The minimum atomic E-state index is 0.211. The zero-order valence-corrected chi connectivity index (χ0v) is 14.2. The van der Waals surface area contributed by atoms with Crippen LogP contribution in [0.25, 0.3) is 0 Å². The molecule has 7 heteroatoms. The molecule has 0 fully saturated rings. The number of nitrogens with zero attached hydrogens (tertiary/aromatic N) is 1. The van der Waals surface area contributed by atoms with Crippen molar-refractivity contribution < 1.29 is 14.3 Å². The van der Waals surface area contributed by atoms with Crippen LogP contribution >= 0.6 is 34.8 Å². The van der Waals surface area contributed by atoms with E-state index >= 15 is 0 Å². The molecule has 0 spiro atoms. The van der Waals surface area contributed by atoms with Crippen molar-refractivity contribution in [1.29, 1.82) is 0 Å². The lowest BCUT2D eigenvalue weighted by molar-refractivity contribution is -0.0183. The first-order chi connectivity index (χ1) is 11.1. The number of ether oxygens (including phenoxy) is 2. The normalized spacial score (nSPS) is 13.7. The molecule has 3 rings (SSSR count). The van der Waals surface area contributed by atoms with E-state index < -0.39 is 0 Å². The van der Waals surface area contributed by atoms with Crippen LogP contribution in [0, 0.1) is 0 Å². The molecular formula is C16H12Cl3NO3. The van der Waals surface area contributed by atoms with Gasteiger partial charge in [0.05, 0.1) is 22.9 Å². The average molecular weight is 373 g/mol. The Morgan fingerprint density at radius 3 is 2.96 bits per heavy atom. The molecule has 1 heterocycles. The van der Waals surface area contributed by atoms with E-state index in [0.717, 1.165) is 16.9 Å². The summed E-state index contributed by atoms with van der Waals surface area (Å²) in [7, 11) is 0. The van der Waals surface area contributed by atoms with Crippen molar-refractivity contribution in [2.24, 2.45) is 5.16 Å². The molecule has 0 aromatic heterocycles. The van der Waals surface area contributed by atoms with Crippen LogP contribution in [-0.2, 0) is 22.8 Å². The Labute approximate surface area is 148 Å². The highest BCUT2D eigenvalue weighted by molar-refractivity contribution is 6.43. The number of fused-ring (bicyclic) bond motifs is 1. The number of halogens is 3. The van der Waals surface area contributed by atoms with E-state index in [-0.39, 0.29) is 13.4 Å². The topological polar surface area (TPSA) is 40.0 Å². The van der Waals surface area contributed by atoms with Gasteiger partial charge in [-0.15, -0.1) is 0 Å². The summed E-state index contributed by atoms with van der Waals surface area (Å²) in [4.78, 5) is 5.33. The van der Waals surface area contributed by atoms with Crippen molar-refractivity contribution in [2.45, 2.75) is 13.2 Å². The van der Waals surface area contributed by atoms with Gasteiger partial charge < -0.3 is 14.3 Å². The maximum Gasteiger partial charge on any atom is 0.189 e. The molecule has 1 aliphatic heterocycles. The summed E-state index contributed by atoms with van der Waals surface area (Å²) in [6.07, 6.45) is 1.51. The van der Waals surface area contributed by atoms with E-state index in [0.29, 0.717) is 27.2 Å². The third-order valence-electron chi connectivity index (χ3n) is 3.22. The lowest BCUT2D eigenvalue weighted by atomic mass is 10.1. The summed E-state index contributed by atoms with van der Waals surface area (Å²) in [5.74, 6) is 0.733. The van der Waals surface area contributed by atoms with Gasteiger partial charge in [-0.25, -0.2) is 0 Å². The summed E-state index contributed by atoms with van der Waals surface area (Å²) >= 11 is 18.1. The van der Waals surface area contributed by atoms with Gasteiger partial charge in [-0.1, -0.05) is 52.1 Å². The Morgan fingerprint density at radius 1 is 1.22 bits per heavy atom. The van der Waals surface area contributed by atoms with Gasteiger partial charge in [0.1, 0.15) is 12.4 Å². The molecule has 0 bridgehead atoms. The summed E-state index contributed by atoms with van der Waals surface area (Å²) in [5, 5.41) is 5.41. The van der Waals surface area contributed by atoms with Gasteiger partial charge in [-0.2, -0.15) is 0 Å². The van der Waals surface area contributed by atoms with E-state index in [1.54, 1.807) is 24.3 Å². The third kappa shape index (κ3) is 3.90. The van der Waals surface area contributed by atoms with Crippen LogP contribution in [0.2, 0.25) is 15.1 Å². The average Bonchev–Trinajstić information content (AvgIpc) is 2.55. The molecule has 0 unspecified atom stereocenters. The summed E-state index contributed by atoms with van der Waals surface area (Å²) < 4.78 is 10.7. The Hall–Kier alpha value is -1.46. The van der Waals surface area contributed by atoms with Gasteiger partial charge in [-0.05, 0) is 18.2 Å². The van der Waals surface area contributed by atoms with Crippen LogP contribution in [0.4, 0.5) is 0 Å². The molecule has 1 aliphatic rings. The molecule has 2 aromatic rings. The highest BCUT2D eigenvalue weighted by atomic mass is 35.5. The molecule has 2 aromatic carbocycles. The fourth-order valence-electron chi connectivity index (χ4n) is 2.18. The lowest BCUT2D eigenvalue weighted by Crippen LogP contribution is -2.13. The van der Waals surface area contributed by atoms with E-state index in [4.69, 9.17) is 49.1 Å². The molecule has 0 radical (unpaired) electrons. The smallest absolute Gasteiger partial charge is 0.189 e. The Morgan fingerprint density at radius 2 is 2.09 bits per heavy atom. The lowest BCUT2D eigenvalue weighted by Gasteiger charge is -2.20. The van der Waals surface area contributed by atoms with E-state index in [9.17, 15) is 0 Å². The molecule has 120 valence electrons. The van der Waals surface area contributed by atoms with Crippen molar-refractivity contribution in [3.05, 3.63) is 62.1 Å². The van der Waals surface area contributed by atoms with Crippen LogP contribution in [0.5, 0.6) is 5.75 Å². The number of benzene rings is 2. The molecular weight excluding hydrogens is 361 g/mol. The van der Waals surface area contributed by atoms with Crippen molar-refractivity contribution in [2.75, 3.05) is 6.79 Å². The Kier molecular flexibility index (Phi) is 5.28. The molecule has 0 saturated carbocycles. The quantitative estimate of drug-likeness (QED) is 0.556. The van der Waals surface area contributed by atoms with Crippen LogP contribution < -0.4 is 4.74 Å². The first-order valence-corrected chi connectivity index (χ1v) is 7.89. The Balaban J connectivity index is 1.70. The molecule has 0 aliphatic carbocycles. The maximum absolute atomic E-state index is 6.09. The van der Waals surface area contributed by atoms with E-state index in [2.05, 4.69) is 5.16 Å². The van der Waals surface area contributed by atoms with Crippen LogP contribution in [0.15, 0.2) is 35.5 Å². The monoisotopic (exact) mass is 371 g/mol. The third-order valence-corrected chi connectivity index (χ3v) is 4.27. The largest absolute Gasteiger partial charge is 0.467 e. The second-order valence-corrected chi connectivity index (χ2v) is 6.04. The number of hydrogen-bond acceptors (Lipinski definition) is 4. The summed E-state index contributed by atoms with van der Waals surface area (Å²) in [6, 6.07) is 8.89. The molecule has 4 nitrogen and oxygen atoms in total. The first kappa shape index (κ1) is 16.4. The van der Waals surface area contributed by atoms with Crippen LogP contribution in [0.1, 0.15) is 16.7 Å². The van der Waals surface area contributed by atoms with Gasteiger partial charge in [0.2, 0.25) is 0 Å². The fraction of sp³-hybridized carbons (Fsp3) is 0.188. The van der Waals surface area contributed by atoms with Crippen LogP contribution in [-0.4, -0.2) is 13.0 Å². The van der Waals surface area contributed by atoms with E-state index in [1.807, 2.05) is 6.07 Å². The van der Waals surface area contributed by atoms with Gasteiger partial charge >= 0.3 is 0 Å². The van der Waals surface area contributed by atoms with Crippen LogP contribution in [0.3, 0.4) is 0 Å². The van der Waals surface area contributed by atoms with Crippen molar-refractivity contribution in [1.82, 2.24) is 0 Å². The summed E-state index contributed by atoms with van der Waals surface area (Å²) in [5.41, 5.74) is 2.38. The standard InChI is InChI=1S/C16H12Cl3NO3/c17-13-4-11-7-21-9-22-16(11)12(5-13)8-23-20-6-10-2-1-3-14(18)15(10)19/h1-6H,7-9H2/b20-6-. The highest BCUT2D eigenvalue weighted by Gasteiger charge is 2.16. The predicted octanol–water partition coefficient (Wildman–Crippen LogP) is 5.06. The number of hydrogen-bond donors (Lipinski definition) is 0. The second kappa shape index (κ2) is 7.41. The van der Waals surface area contributed by atoms with Crippen molar-refractivity contribution in [3.8, 4) is 5.75 Å². The summed E-state index contributed by atoms with van der Waals surface area (Å²) in [6.45, 7) is 0.894. The number of oxime groups is 1. The molecule has 0 amide bonds. The van der Waals surface area contributed by atoms with E-state index in [1.165, 1.54) is 6.21 Å². The van der Waals surface area contributed by atoms with Crippen molar-refractivity contribution in [3.63, 3.8) is 0 Å². The second-order valence-electron chi connectivity index (χ2n) is 4.81. The molecule has 23 heavy (non-hydrogen) atoms. The van der Waals surface area contributed by atoms with Gasteiger partial charge in [0.25, 0.3) is 0 Å². The number of rotatable bonds is 4.